The lowest BCUT2D eigenvalue weighted by molar-refractivity contribution is -0.137. The predicted octanol–water partition coefficient (Wildman–Crippen LogP) is 2.85. The molecule has 0 aromatic heterocycles. The number of amides is 1. The molecule has 2 aliphatic heterocycles. The highest BCUT2D eigenvalue weighted by Gasteiger charge is 2.50. The van der Waals surface area contributed by atoms with E-state index in [0.29, 0.717) is 20.9 Å². The van der Waals surface area contributed by atoms with Gasteiger partial charge in [-0.1, -0.05) is 41.0 Å². The first-order valence-electron chi connectivity index (χ1n) is 8.11. The Hall–Kier alpha value is -1.29. The van der Waals surface area contributed by atoms with E-state index in [1.807, 2.05) is 0 Å². The zero-order valence-electron chi connectivity index (χ0n) is 14.0. The quantitative estimate of drug-likeness (QED) is 0.734. The van der Waals surface area contributed by atoms with Gasteiger partial charge in [0.25, 0.3) is 0 Å². The fourth-order valence-electron chi connectivity index (χ4n) is 3.10. The zero-order chi connectivity index (χ0) is 19.8. The number of thioether (sulfide) groups is 1. The van der Waals surface area contributed by atoms with Crippen LogP contribution in [0.2, 0.25) is 10.0 Å². The first kappa shape index (κ1) is 20.4. The summed E-state index contributed by atoms with van der Waals surface area (Å²) in [4.78, 5) is 28.5. The van der Waals surface area contributed by atoms with Crippen LogP contribution in [-0.2, 0) is 19.4 Å². The Labute approximate surface area is 170 Å². The second-order valence-electron chi connectivity index (χ2n) is 6.28. The van der Waals surface area contributed by atoms with Gasteiger partial charge < -0.3 is 10.0 Å². The number of aliphatic carboxylic acids is 1. The molecule has 1 amide bonds. The van der Waals surface area contributed by atoms with Crippen molar-refractivity contribution in [3.8, 4) is 0 Å². The summed E-state index contributed by atoms with van der Waals surface area (Å²) in [5.41, 5.74) is 0.426. The monoisotopic (exact) mass is 450 g/mol. The molecule has 27 heavy (non-hydrogen) atoms. The number of hydrogen-bond acceptors (Lipinski definition) is 5. The lowest BCUT2D eigenvalue weighted by Gasteiger charge is -2.26. The van der Waals surface area contributed by atoms with Crippen molar-refractivity contribution in [3.63, 3.8) is 0 Å². The minimum atomic E-state index is -3.20. The van der Waals surface area contributed by atoms with Gasteiger partial charge in [-0.15, -0.1) is 0 Å². The fourth-order valence-corrected chi connectivity index (χ4v) is 7.60. The van der Waals surface area contributed by atoms with Gasteiger partial charge in [0.05, 0.1) is 33.3 Å². The van der Waals surface area contributed by atoms with Gasteiger partial charge in [-0.05, 0) is 18.6 Å². The smallest absolute Gasteiger partial charge is 0.303 e. The summed E-state index contributed by atoms with van der Waals surface area (Å²) in [6, 6.07) is 4.53. The van der Waals surface area contributed by atoms with Crippen molar-refractivity contribution in [2.45, 2.75) is 30.6 Å². The van der Waals surface area contributed by atoms with Crippen molar-refractivity contribution in [2.24, 2.45) is 4.99 Å². The maximum absolute atomic E-state index is 12.2. The first-order valence-corrected chi connectivity index (χ1v) is 11.6. The average molecular weight is 451 g/mol. The molecule has 11 heteroatoms. The second-order valence-corrected chi connectivity index (χ2v) is 10.5. The van der Waals surface area contributed by atoms with Gasteiger partial charge in [0.2, 0.25) is 5.91 Å². The number of anilines is 1. The zero-order valence-corrected chi connectivity index (χ0v) is 17.1. The van der Waals surface area contributed by atoms with Crippen LogP contribution in [0, 0.1) is 0 Å². The molecule has 1 aromatic carbocycles. The average Bonchev–Trinajstić information content (AvgIpc) is 2.99. The van der Waals surface area contributed by atoms with E-state index in [2.05, 4.69) is 4.99 Å². The number of para-hydroxylation sites is 1. The molecule has 2 aliphatic rings. The number of carboxylic acids is 1. The number of sulfone groups is 1. The molecular formula is C16H16Cl2N2O5S2. The Morgan fingerprint density at radius 1 is 1.22 bits per heavy atom. The van der Waals surface area contributed by atoms with E-state index in [1.165, 1.54) is 11.8 Å². The van der Waals surface area contributed by atoms with E-state index in [1.54, 1.807) is 23.1 Å². The van der Waals surface area contributed by atoms with E-state index < -0.39 is 27.8 Å². The molecule has 0 bridgehead atoms. The molecule has 0 radical (unpaired) electrons. The van der Waals surface area contributed by atoms with Gasteiger partial charge in [-0.2, -0.15) is 4.99 Å². The molecule has 2 atom stereocenters. The summed E-state index contributed by atoms with van der Waals surface area (Å²) in [5, 5.41) is 9.41. The van der Waals surface area contributed by atoms with Crippen LogP contribution >= 0.6 is 35.0 Å². The summed E-state index contributed by atoms with van der Waals surface area (Å²) < 4.78 is 24.1. The van der Waals surface area contributed by atoms with Gasteiger partial charge >= 0.3 is 5.97 Å². The van der Waals surface area contributed by atoms with Crippen LogP contribution in [0.5, 0.6) is 0 Å². The van der Waals surface area contributed by atoms with Gasteiger partial charge in [0, 0.05) is 18.1 Å². The number of benzene rings is 1. The molecule has 1 N–H and O–H groups in total. The van der Waals surface area contributed by atoms with Gasteiger partial charge in [0.15, 0.2) is 15.0 Å². The topological polar surface area (TPSA) is 104 Å². The number of carbonyl (C=O) groups is 2. The third kappa shape index (κ3) is 4.59. The molecule has 2 heterocycles. The van der Waals surface area contributed by atoms with Crippen LogP contribution in [0.4, 0.5) is 5.69 Å². The molecule has 1 aromatic rings. The summed E-state index contributed by atoms with van der Waals surface area (Å²) in [6.45, 7) is 0. The number of carbonyl (C=O) groups excluding carboxylic acids is 1. The van der Waals surface area contributed by atoms with Crippen LogP contribution in [-0.4, -0.2) is 53.4 Å². The van der Waals surface area contributed by atoms with Crippen molar-refractivity contribution < 1.29 is 23.1 Å². The molecule has 2 unspecified atom stereocenters. The number of hydrogen-bond donors (Lipinski definition) is 1. The van der Waals surface area contributed by atoms with Crippen LogP contribution in [0.3, 0.4) is 0 Å². The van der Waals surface area contributed by atoms with E-state index in [4.69, 9.17) is 28.3 Å². The van der Waals surface area contributed by atoms with E-state index in [-0.39, 0.29) is 36.0 Å². The highest BCUT2D eigenvalue weighted by molar-refractivity contribution is 8.16. The van der Waals surface area contributed by atoms with E-state index in [0.717, 1.165) is 0 Å². The Morgan fingerprint density at radius 2 is 1.89 bits per heavy atom. The number of nitrogens with zero attached hydrogens (tertiary/aromatic N) is 2. The molecule has 0 saturated carbocycles. The Kier molecular flexibility index (Phi) is 6.05. The number of amidine groups is 1. The highest BCUT2D eigenvalue weighted by Crippen LogP contribution is 2.45. The van der Waals surface area contributed by atoms with Crippen molar-refractivity contribution in [2.75, 3.05) is 16.4 Å². The normalized spacial score (nSPS) is 25.0. The maximum Gasteiger partial charge on any atom is 0.303 e. The highest BCUT2D eigenvalue weighted by atomic mass is 35.5. The molecule has 3 rings (SSSR count). The van der Waals surface area contributed by atoms with Gasteiger partial charge in [-0.25, -0.2) is 8.42 Å². The van der Waals surface area contributed by atoms with Crippen molar-refractivity contribution in [1.29, 1.82) is 0 Å². The molecule has 2 saturated heterocycles. The minimum Gasteiger partial charge on any atom is -0.481 e. The number of aliphatic imine (C=N–C) groups is 1. The standard InChI is InChI=1S/C16H16Cl2N2O5S2/c17-9-3-1-4-10(18)15(9)20-11-7-27(24,25)8-12(11)26-16(20)19-13(21)5-2-6-14(22)23/h1,3-4,11-12H,2,5-8H2,(H,22,23). The van der Waals surface area contributed by atoms with Crippen molar-refractivity contribution in [1.82, 2.24) is 0 Å². The number of halogens is 2. The third-order valence-corrected chi connectivity index (χ3v) is 8.07. The van der Waals surface area contributed by atoms with Crippen LogP contribution in [0.25, 0.3) is 0 Å². The van der Waals surface area contributed by atoms with Gasteiger partial charge in [0.1, 0.15) is 0 Å². The Bertz CT molecular complexity index is 899. The summed E-state index contributed by atoms with van der Waals surface area (Å²) >= 11 is 13.8. The lowest BCUT2D eigenvalue weighted by atomic mass is 10.2. The molecule has 0 aliphatic carbocycles. The number of rotatable bonds is 5. The van der Waals surface area contributed by atoms with Crippen molar-refractivity contribution >= 4 is 67.5 Å². The third-order valence-electron chi connectivity index (χ3n) is 4.25. The minimum absolute atomic E-state index is 0.00587. The Balaban J connectivity index is 1.92. The maximum atomic E-state index is 12.2. The van der Waals surface area contributed by atoms with E-state index >= 15 is 0 Å². The first-order chi connectivity index (χ1) is 12.7. The predicted molar refractivity (Wildman–Crippen MR) is 107 cm³/mol. The largest absolute Gasteiger partial charge is 0.481 e. The number of carboxylic acid groups (broad SMARTS) is 1. The summed E-state index contributed by atoms with van der Waals surface area (Å²) in [6.07, 6.45) is 0.0606. The fraction of sp³-hybridized carbons (Fsp3) is 0.438. The molecular weight excluding hydrogens is 435 g/mol. The lowest BCUT2D eigenvalue weighted by Crippen LogP contribution is -2.38. The summed E-state index contributed by atoms with van der Waals surface area (Å²) in [5.74, 6) is -1.52. The summed E-state index contributed by atoms with van der Waals surface area (Å²) in [7, 11) is -3.20. The van der Waals surface area contributed by atoms with Crippen molar-refractivity contribution in [3.05, 3.63) is 28.2 Å². The SMILES string of the molecule is O=C(O)CCCC(=O)N=C1SC2CS(=O)(=O)CC2N1c1c(Cl)cccc1Cl. The van der Waals surface area contributed by atoms with Crippen LogP contribution in [0.15, 0.2) is 23.2 Å². The molecule has 146 valence electrons. The second kappa shape index (κ2) is 7.98. The molecule has 7 nitrogen and oxygen atoms in total. The molecule has 2 fully saturated rings. The van der Waals surface area contributed by atoms with Gasteiger partial charge in [-0.3, -0.25) is 9.59 Å². The molecule has 0 spiro atoms. The van der Waals surface area contributed by atoms with E-state index in [9.17, 15) is 18.0 Å². The van der Waals surface area contributed by atoms with Crippen LogP contribution in [0.1, 0.15) is 19.3 Å². The van der Waals surface area contributed by atoms with Crippen LogP contribution < -0.4 is 4.90 Å². The Morgan fingerprint density at radius 3 is 2.52 bits per heavy atom. The number of fused-ring (bicyclic) bond motifs is 1.